The van der Waals surface area contributed by atoms with Crippen LogP contribution in [-0.4, -0.2) is 60.4 Å². The Hall–Kier alpha value is -3.03. The number of anilines is 2. The molecule has 1 saturated heterocycles. The van der Waals surface area contributed by atoms with Crippen molar-refractivity contribution in [3.05, 3.63) is 63.8 Å². The average Bonchev–Trinajstić information content (AvgIpc) is 3.42. The molecular weight excluding hydrogens is 645 g/mol. The van der Waals surface area contributed by atoms with Crippen LogP contribution in [0.2, 0.25) is 10.0 Å². The Bertz CT molecular complexity index is 1860. The number of pyridine rings is 1. The van der Waals surface area contributed by atoms with E-state index in [1.165, 1.54) is 12.1 Å². The molecule has 6 rings (SSSR count). The summed E-state index contributed by atoms with van der Waals surface area (Å²) in [5.41, 5.74) is 7.52. The van der Waals surface area contributed by atoms with E-state index in [0.717, 1.165) is 81.3 Å². The Labute approximate surface area is 270 Å². The molecule has 9 nitrogen and oxygen atoms in total. The third kappa shape index (κ3) is 6.23. The molecule has 2 aromatic heterocycles. The molecule has 2 fully saturated rings. The van der Waals surface area contributed by atoms with Crippen LogP contribution in [0.5, 0.6) is 0 Å². The molecule has 3 N–H and O–H groups in total. The summed E-state index contributed by atoms with van der Waals surface area (Å²) in [6.07, 6.45) is 5.77. The van der Waals surface area contributed by atoms with Gasteiger partial charge in [-0.15, -0.1) is 0 Å². The van der Waals surface area contributed by atoms with Crippen molar-refractivity contribution in [1.82, 2.24) is 19.7 Å². The summed E-state index contributed by atoms with van der Waals surface area (Å²) in [4.78, 5) is 6.63. The zero-order valence-corrected chi connectivity index (χ0v) is 27.2. The van der Waals surface area contributed by atoms with Crippen molar-refractivity contribution in [2.24, 2.45) is 0 Å². The number of hydrogen-bond acceptors (Lipinski definition) is 7. The van der Waals surface area contributed by atoms with E-state index in [1.54, 1.807) is 10.9 Å². The van der Waals surface area contributed by atoms with Crippen LogP contribution in [0.25, 0.3) is 22.2 Å². The van der Waals surface area contributed by atoms with Gasteiger partial charge in [-0.1, -0.05) is 23.2 Å². The Morgan fingerprint density at radius 3 is 2.44 bits per heavy atom. The van der Waals surface area contributed by atoms with Crippen molar-refractivity contribution >= 4 is 55.6 Å². The fourth-order valence-corrected chi connectivity index (χ4v) is 8.29. The number of nitrogens with one attached hydrogen (secondary N) is 1. The molecule has 4 aromatic rings. The number of nitrogen functional groups attached to an aromatic ring is 1. The number of nitrogens with two attached hydrogens (primary N) is 1. The number of sulfonamides is 1. The topological polar surface area (TPSA) is 115 Å². The summed E-state index contributed by atoms with van der Waals surface area (Å²) in [6, 6.07) is 5.93. The van der Waals surface area contributed by atoms with Crippen LogP contribution in [0.1, 0.15) is 57.1 Å². The Morgan fingerprint density at radius 1 is 1.04 bits per heavy atom. The average molecular weight is 680 g/mol. The fourth-order valence-electron chi connectivity index (χ4n) is 6.46. The van der Waals surface area contributed by atoms with E-state index in [0.29, 0.717) is 11.4 Å². The van der Waals surface area contributed by atoms with Crippen molar-refractivity contribution < 1.29 is 21.9 Å². The highest BCUT2D eigenvalue weighted by Crippen LogP contribution is 2.43. The molecule has 240 valence electrons. The zero-order chi connectivity index (χ0) is 32.0. The van der Waals surface area contributed by atoms with E-state index >= 15 is 8.78 Å². The fraction of sp³-hybridized carbons (Fsp3) is 0.419. The first-order valence-corrected chi connectivity index (χ1v) is 17.1. The van der Waals surface area contributed by atoms with Gasteiger partial charge < -0.3 is 10.5 Å². The second kappa shape index (κ2) is 12.6. The minimum atomic E-state index is -4.39. The van der Waals surface area contributed by atoms with Crippen LogP contribution in [-0.2, 0) is 14.8 Å². The van der Waals surface area contributed by atoms with Crippen LogP contribution in [0.15, 0.2) is 41.4 Å². The molecule has 3 heterocycles. The third-order valence-corrected chi connectivity index (χ3v) is 10.8. The highest BCUT2D eigenvalue weighted by atomic mass is 35.5. The summed E-state index contributed by atoms with van der Waals surface area (Å²) in [7, 11) is -4.39. The van der Waals surface area contributed by atoms with Gasteiger partial charge in [0.1, 0.15) is 28.0 Å². The lowest BCUT2D eigenvalue weighted by Gasteiger charge is -2.39. The van der Waals surface area contributed by atoms with Crippen LogP contribution in [0.4, 0.5) is 20.3 Å². The quantitative estimate of drug-likeness (QED) is 0.216. The lowest BCUT2D eigenvalue weighted by Crippen LogP contribution is -2.44. The van der Waals surface area contributed by atoms with E-state index in [-0.39, 0.29) is 44.0 Å². The first kappa shape index (κ1) is 31.9. The Balaban J connectivity index is 1.36. The SMILES string of the molecule is CC(C)n1nc(-c2cc(F)c(NS(=O)(=O)c3cc(Cl)ccc3Cl)cc2F)c2c(N)ncc([C@H]3CC[C@H](N4CCOCC4)CC3)c21. The smallest absolute Gasteiger partial charge is 0.263 e. The molecular formula is C31H34Cl2F2N6O3S. The number of hydrogen-bond donors (Lipinski definition) is 2. The lowest BCUT2D eigenvalue weighted by molar-refractivity contribution is 0.00731. The number of halogens is 4. The summed E-state index contributed by atoms with van der Waals surface area (Å²) in [5, 5.41) is 5.17. The third-order valence-electron chi connectivity index (χ3n) is 8.71. The monoisotopic (exact) mass is 678 g/mol. The van der Waals surface area contributed by atoms with Crippen LogP contribution >= 0.6 is 23.2 Å². The normalized spacial score (nSPS) is 19.8. The molecule has 0 atom stereocenters. The zero-order valence-electron chi connectivity index (χ0n) is 24.9. The number of ether oxygens (including phenoxy) is 1. The molecule has 1 aliphatic heterocycles. The number of rotatable bonds is 7. The van der Waals surface area contributed by atoms with Gasteiger partial charge in [0.25, 0.3) is 10.0 Å². The summed E-state index contributed by atoms with van der Waals surface area (Å²) < 4.78 is 66.7. The lowest BCUT2D eigenvalue weighted by atomic mass is 9.81. The molecule has 0 bridgehead atoms. The Morgan fingerprint density at radius 2 is 1.76 bits per heavy atom. The molecule has 2 aliphatic rings. The second-order valence-electron chi connectivity index (χ2n) is 11.9. The van der Waals surface area contributed by atoms with Gasteiger partial charge in [-0.3, -0.25) is 14.3 Å². The minimum absolute atomic E-state index is 0.116. The van der Waals surface area contributed by atoms with E-state index in [2.05, 4.69) is 14.6 Å². The molecule has 45 heavy (non-hydrogen) atoms. The van der Waals surface area contributed by atoms with Crippen molar-refractivity contribution in [3.8, 4) is 11.3 Å². The number of fused-ring (bicyclic) bond motifs is 1. The number of aromatic nitrogens is 3. The number of nitrogens with zero attached hydrogens (tertiary/aromatic N) is 4. The molecule has 0 amide bonds. The first-order chi connectivity index (χ1) is 21.4. The standard InChI is InChI=1S/C31H34Cl2F2N6O3S/c1-17(2)41-30-22(18-3-6-20(7-4-18)40-9-11-44-12-10-40)16-37-31(36)28(30)29(38-41)21-14-25(35)26(15-24(21)34)39-45(42,43)27-13-19(32)5-8-23(27)33/h5,8,13-18,20,39H,3-4,6-7,9-12H2,1-2H3,(H2,36,37)/t18-,20-. The van der Waals surface area contributed by atoms with Crippen molar-refractivity contribution in [1.29, 1.82) is 0 Å². The summed E-state index contributed by atoms with van der Waals surface area (Å²) in [6.45, 7) is 7.34. The maximum atomic E-state index is 15.8. The van der Waals surface area contributed by atoms with Crippen molar-refractivity contribution in [2.75, 3.05) is 36.8 Å². The van der Waals surface area contributed by atoms with E-state index < -0.39 is 27.3 Å². The largest absolute Gasteiger partial charge is 0.383 e. The molecule has 2 aromatic carbocycles. The van der Waals surface area contributed by atoms with Crippen LogP contribution < -0.4 is 10.5 Å². The van der Waals surface area contributed by atoms with Gasteiger partial charge in [0.15, 0.2) is 0 Å². The summed E-state index contributed by atoms with van der Waals surface area (Å²) in [5.74, 6) is -1.55. The maximum Gasteiger partial charge on any atom is 0.263 e. The number of benzene rings is 2. The van der Waals surface area contributed by atoms with Gasteiger partial charge in [0.2, 0.25) is 0 Å². The van der Waals surface area contributed by atoms with Crippen molar-refractivity contribution in [3.63, 3.8) is 0 Å². The predicted octanol–water partition coefficient (Wildman–Crippen LogP) is 7.01. The van der Waals surface area contributed by atoms with Gasteiger partial charge in [-0.2, -0.15) is 5.10 Å². The minimum Gasteiger partial charge on any atom is -0.383 e. The number of morpholine rings is 1. The Kier molecular flexibility index (Phi) is 8.97. The molecule has 1 aliphatic carbocycles. The van der Waals surface area contributed by atoms with Gasteiger partial charge in [-0.25, -0.2) is 22.2 Å². The van der Waals surface area contributed by atoms with Gasteiger partial charge in [-0.05, 0) is 75.3 Å². The van der Waals surface area contributed by atoms with Crippen LogP contribution in [0, 0.1) is 11.6 Å². The molecule has 14 heteroatoms. The highest BCUT2D eigenvalue weighted by molar-refractivity contribution is 7.92. The van der Waals surface area contributed by atoms with E-state index in [9.17, 15) is 8.42 Å². The molecule has 0 radical (unpaired) electrons. The van der Waals surface area contributed by atoms with E-state index in [1.807, 2.05) is 13.8 Å². The van der Waals surface area contributed by atoms with Crippen molar-refractivity contribution in [2.45, 2.75) is 62.4 Å². The van der Waals surface area contributed by atoms with Gasteiger partial charge in [0.05, 0.1) is 34.8 Å². The first-order valence-electron chi connectivity index (χ1n) is 14.9. The van der Waals surface area contributed by atoms with E-state index in [4.69, 9.17) is 38.8 Å². The molecule has 1 saturated carbocycles. The highest BCUT2D eigenvalue weighted by Gasteiger charge is 2.32. The maximum absolute atomic E-state index is 15.8. The summed E-state index contributed by atoms with van der Waals surface area (Å²) >= 11 is 12.0. The second-order valence-corrected chi connectivity index (χ2v) is 14.3. The van der Waals surface area contributed by atoms with Gasteiger partial charge >= 0.3 is 0 Å². The van der Waals surface area contributed by atoms with Gasteiger partial charge in [0, 0.05) is 48.0 Å². The van der Waals surface area contributed by atoms with Crippen LogP contribution in [0.3, 0.4) is 0 Å². The molecule has 0 spiro atoms. The molecule has 0 unspecified atom stereocenters. The predicted molar refractivity (Wildman–Crippen MR) is 172 cm³/mol.